The molecule has 0 radical (unpaired) electrons. The van der Waals surface area contributed by atoms with Crippen LogP contribution in [-0.2, 0) is 11.5 Å². The summed E-state index contributed by atoms with van der Waals surface area (Å²) < 4.78 is 5.59. The molecule has 0 saturated heterocycles. The quantitative estimate of drug-likeness (QED) is 0.480. The average molecular weight is 326 g/mol. The van der Waals surface area contributed by atoms with Crippen molar-refractivity contribution in [3.63, 3.8) is 0 Å². The Morgan fingerprint density at radius 3 is 2.76 bits per heavy atom. The van der Waals surface area contributed by atoms with Gasteiger partial charge < -0.3 is 10.1 Å². The van der Waals surface area contributed by atoms with Gasteiger partial charge >= 0.3 is 0 Å². The second-order valence-electron chi connectivity index (χ2n) is 5.94. The standard InChI is InChI=1S/C13H20ClN5OSi/c1-21(2,3)7-6-20-10-19-16-9-13(18-19)17-11-4-5-12(14)15-8-11/h4-5,8-9H,6-7,10H2,1-3H3,(H,17,18). The number of anilines is 2. The summed E-state index contributed by atoms with van der Waals surface area (Å²) in [6.45, 7) is 8.09. The van der Waals surface area contributed by atoms with E-state index >= 15 is 0 Å². The van der Waals surface area contributed by atoms with Crippen LogP contribution < -0.4 is 5.32 Å². The van der Waals surface area contributed by atoms with Gasteiger partial charge in [-0.2, -0.15) is 9.90 Å². The summed E-state index contributed by atoms with van der Waals surface area (Å²) in [7, 11) is -1.05. The first-order valence-corrected chi connectivity index (χ1v) is 10.9. The van der Waals surface area contributed by atoms with Crippen LogP contribution in [-0.4, -0.2) is 34.7 Å². The van der Waals surface area contributed by atoms with Gasteiger partial charge in [0.1, 0.15) is 5.15 Å². The van der Waals surface area contributed by atoms with Crippen molar-refractivity contribution in [2.45, 2.75) is 32.4 Å². The number of hydrogen-bond donors (Lipinski definition) is 1. The third kappa shape index (κ3) is 5.82. The molecule has 0 unspecified atom stereocenters. The first-order valence-electron chi connectivity index (χ1n) is 6.79. The second kappa shape index (κ2) is 7.01. The molecule has 2 aromatic rings. The lowest BCUT2D eigenvalue weighted by molar-refractivity contribution is 0.0687. The molecule has 0 aromatic carbocycles. The van der Waals surface area contributed by atoms with Crippen LogP contribution in [0.2, 0.25) is 30.8 Å². The van der Waals surface area contributed by atoms with E-state index in [2.05, 4.69) is 40.1 Å². The minimum absolute atomic E-state index is 0.366. The molecule has 6 nitrogen and oxygen atoms in total. The van der Waals surface area contributed by atoms with Crippen molar-refractivity contribution in [3.05, 3.63) is 29.7 Å². The number of pyridine rings is 1. The maximum Gasteiger partial charge on any atom is 0.173 e. The Morgan fingerprint density at radius 1 is 1.29 bits per heavy atom. The van der Waals surface area contributed by atoms with E-state index < -0.39 is 8.07 Å². The number of halogens is 1. The Labute approximate surface area is 130 Å². The molecule has 2 aromatic heterocycles. The van der Waals surface area contributed by atoms with Gasteiger partial charge in [-0.3, -0.25) is 0 Å². The van der Waals surface area contributed by atoms with E-state index in [0.29, 0.717) is 17.7 Å². The molecule has 21 heavy (non-hydrogen) atoms. The van der Waals surface area contributed by atoms with Gasteiger partial charge in [0.05, 0.1) is 18.1 Å². The third-order valence-electron chi connectivity index (χ3n) is 2.74. The van der Waals surface area contributed by atoms with Gasteiger partial charge in [0.2, 0.25) is 0 Å². The van der Waals surface area contributed by atoms with Gasteiger partial charge in [0, 0.05) is 14.7 Å². The molecule has 0 bridgehead atoms. The summed E-state index contributed by atoms with van der Waals surface area (Å²) in [6.07, 6.45) is 3.29. The van der Waals surface area contributed by atoms with Gasteiger partial charge in [-0.15, -0.1) is 5.10 Å². The minimum atomic E-state index is -1.05. The zero-order valence-corrected chi connectivity index (χ0v) is 14.3. The van der Waals surface area contributed by atoms with E-state index in [1.807, 2.05) is 6.07 Å². The summed E-state index contributed by atoms with van der Waals surface area (Å²) in [4.78, 5) is 5.52. The molecule has 0 saturated carbocycles. The normalized spacial score (nSPS) is 11.6. The summed E-state index contributed by atoms with van der Waals surface area (Å²) in [5, 5.41) is 12.0. The number of hydrogen-bond acceptors (Lipinski definition) is 5. The van der Waals surface area contributed by atoms with Gasteiger partial charge in [-0.1, -0.05) is 31.2 Å². The Kier molecular flexibility index (Phi) is 5.32. The summed E-state index contributed by atoms with van der Waals surface area (Å²) >= 11 is 5.74. The summed E-state index contributed by atoms with van der Waals surface area (Å²) in [6, 6.07) is 4.68. The lowest BCUT2D eigenvalue weighted by Crippen LogP contribution is -2.22. The number of nitrogens with zero attached hydrogens (tertiary/aromatic N) is 4. The highest BCUT2D eigenvalue weighted by molar-refractivity contribution is 6.76. The minimum Gasteiger partial charge on any atom is -0.358 e. The van der Waals surface area contributed by atoms with E-state index in [1.165, 1.54) is 4.80 Å². The van der Waals surface area contributed by atoms with Crippen molar-refractivity contribution in [1.29, 1.82) is 0 Å². The topological polar surface area (TPSA) is 64.9 Å². The van der Waals surface area contributed by atoms with Crippen molar-refractivity contribution in [2.75, 3.05) is 11.9 Å². The van der Waals surface area contributed by atoms with Gasteiger partial charge in [0.15, 0.2) is 12.5 Å². The molecule has 0 atom stereocenters. The monoisotopic (exact) mass is 325 g/mol. The number of ether oxygens (including phenoxy) is 1. The molecule has 0 aliphatic carbocycles. The zero-order valence-electron chi connectivity index (χ0n) is 12.5. The Hall–Kier alpha value is -1.44. The molecule has 0 spiro atoms. The molecule has 0 aliphatic rings. The first kappa shape index (κ1) is 15.9. The third-order valence-corrected chi connectivity index (χ3v) is 4.67. The molecule has 2 heterocycles. The molecular formula is C13H20ClN5OSi. The predicted octanol–water partition coefficient (Wildman–Crippen LogP) is 3.38. The van der Waals surface area contributed by atoms with E-state index in [0.717, 1.165) is 18.3 Å². The maximum atomic E-state index is 5.74. The van der Waals surface area contributed by atoms with Crippen LogP contribution in [0.25, 0.3) is 0 Å². The van der Waals surface area contributed by atoms with Crippen molar-refractivity contribution in [2.24, 2.45) is 0 Å². The fourth-order valence-corrected chi connectivity index (χ4v) is 2.41. The van der Waals surface area contributed by atoms with E-state index in [9.17, 15) is 0 Å². The summed E-state index contributed by atoms with van der Waals surface area (Å²) in [5.74, 6) is 0.646. The molecule has 0 aliphatic heterocycles. The molecule has 8 heteroatoms. The van der Waals surface area contributed by atoms with Crippen LogP contribution in [0, 0.1) is 0 Å². The van der Waals surface area contributed by atoms with Crippen LogP contribution >= 0.6 is 11.6 Å². The molecular weight excluding hydrogens is 306 g/mol. The lowest BCUT2D eigenvalue weighted by Gasteiger charge is -2.14. The fourth-order valence-electron chi connectivity index (χ4n) is 1.54. The number of rotatable bonds is 7. The molecule has 2 rings (SSSR count). The largest absolute Gasteiger partial charge is 0.358 e. The SMILES string of the molecule is C[Si](C)(C)CCOCn1ncc(Nc2ccc(Cl)nc2)n1. The molecule has 0 fully saturated rings. The fraction of sp³-hybridized carbons (Fsp3) is 0.462. The van der Waals surface area contributed by atoms with Gasteiger partial charge in [0.25, 0.3) is 0 Å². The van der Waals surface area contributed by atoms with Crippen LogP contribution in [0.4, 0.5) is 11.5 Å². The van der Waals surface area contributed by atoms with Crippen molar-refractivity contribution in [1.82, 2.24) is 20.0 Å². The highest BCUT2D eigenvalue weighted by Crippen LogP contribution is 2.14. The predicted molar refractivity (Wildman–Crippen MR) is 86.7 cm³/mol. The Bertz CT molecular complexity index is 567. The van der Waals surface area contributed by atoms with Gasteiger partial charge in [-0.25, -0.2) is 4.98 Å². The highest BCUT2D eigenvalue weighted by Gasteiger charge is 2.12. The number of nitrogens with one attached hydrogen (secondary N) is 1. The van der Waals surface area contributed by atoms with Crippen LogP contribution in [0.3, 0.4) is 0 Å². The average Bonchev–Trinajstić information content (AvgIpc) is 2.84. The molecule has 0 amide bonds. The molecule has 114 valence electrons. The van der Waals surface area contributed by atoms with Crippen molar-refractivity contribution in [3.8, 4) is 0 Å². The van der Waals surface area contributed by atoms with Crippen LogP contribution in [0.15, 0.2) is 24.5 Å². The van der Waals surface area contributed by atoms with E-state index in [-0.39, 0.29) is 0 Å². The Balaban J connectivity index is 1.80. The number of aromatic nitrogens is 4. The van der Waals surface area contributed by atoms with Crippen LogP contribution in [0.5, 0.6) is 0 Å². The lowest BCUT2D eigenvalue weighted by atomic mass is 10.4. The van der Waals surface area contributed by atoms with E-state index in [4.69, 9.17) is 16.3 Å². The highest BCUT2D eigenvalue weighted by atomic mass is 35.5. The van der Waals surface area contributed by atoms with Crippen molar-refractivity contribution < 1.29 is 4.74 Å². The van der Waals surface area contributed by atoms with Crippen molar-refractivity contribution >= 4 is 31.2 Å². The Morgan fingerprint density at radius 2 is 2.10 bits per heavy atom. The first-order chi connectivity index (χ1) is 9.92. The second-order valence-corrected chi connectivity index (χ2v) is 12.0. The van der Waals surface area contributed by atoms with Crippen LogP contribution in [0.1, 0.15) is 0 Å². The summed E-state index contributed by atoms with van der Waals surface area (Å²) in [5.41, 5.74) is 0.811. The zero-order chi connectivity index (χ0) is 15.3. The van der Waals surface area contributed by atoms with E-state index in [1.54, 1.807) is 18.5 Å². The smallest absolute Gasteiger partial charge is 0.173 e. The molecule has 1 N–H and O–H groups in total. The maximum absolute atomic E-state index is 5.74. The van der Waals surface area contributed by atoms with Gasteiger partial charge in [-0.05, 0) is 18.2 Å².